The summed E-state index contributed by atoms with van der Waals surface area (Å²) in [4.78, 5) is 0. The molecule has 2 N–H and O–H groups in total. The molecule has 1 atom stereocenters. The Balaban J connectivity index is 2.44. The molecule has 4 heteroatoms. The summed E-state index contributed by atoms with van der Waals surface area (Å²) in [6.07, 6.45) is 0. The predicted octanol–water partition coefficient (Wildman–Crippen LogP) is 3.97. The highest BCUT2D eigenvalue weighted by Crippen LogP contribution is 2.26. The smallest absolute Gasteiger partial charge is 0.163 e. The van der Waals surface area contributed by atoms with Crippen molar-refractivity contribution in [2.24, 2.45) is 5.73 Å². The second kappa shape index (κ2) is 5.04. The van der Waals surface area contributed by atoms with E-state index in [0.29, 0.717) is 10.6 Å². The molecule has 2 rings (SSSR count). The highest BCUT2D eigenvalue weighted by Gasteiger charge is 2.16. The number of rotatable bonds is 2. The summed E-state index contributed by atoms with van der Waals surface area (Å²) in [7, 11) is 0. The first-order chi connectivity index (χ1) is 8.50. The van der Waals surface area contributed by atoms with Crippen LogP contribution in [-0.2, 0) is 0 Å². The molecule has 0 fully saturated rings. The lowest BCUT2D eigenvalue weighted by molar-refractivity contribution is 0.494. The van der Waals surface area contributed by atoms with Gasteiger partial charge in [-0.05, 0) is 30.2 Å². The van der Waals surface area contributed by atoms with Crippen molar-refractivity contribution < 1.29 is 8.78 Å². The summed E-state index contributed by atoms with van der Waals surface area (Å²) >= 11 is 5.91. The van der Waals surface area contributed by atoms with Crippen LogP contribution in [0.5, 0.6) is 0 Å². The molecule has 0 aromatic heterocycles. The van der Waals surface area contributed by atoms with E-state index in [2.05, 4.69) is 0 Å². The van der Waals surface area contributed by atoms with Crippen molar-refractivity contribution in [1.29, 1.82) is 0 Å². The quantitative estimate of drug-likeness (QED) is 0.875. The maximum atomic E-state index is 13.6. The van der Waals surface area contributed by atoms with Crippen molar-refractivity contribution in [2.75, 3.05) is 0 Å². The Hall–Kier alpha value is -1.45. The first-order valence-corrected chi connectivity index (χ1v) is 5.84. The van der Waals surface area contributed by atoms with E-state index in [1.54, 1.807) is 18.2 Å². The van der Waals surface area contributed by atoms with Crippen LogP contribution in [0.25, 0.3) is 0 Å². The maximum Gasteiger partial charge on any atom is 0.163 e. The van der Waals surface area contributed by atoms with Gasteiger partial charge >= 0.3 is 0 Å². The van der Waals surface area contributed by atoms with Crippen molar-refractivity contribution in [3.8, 4) is 0 Å². The van der Waals surface area contributed by atoms with E-state index < -0.39 is 17.7 Å². The molecule has 18 heavy (non-hydrogen) atoms. The van der Waals surface area contributed by atoms with Gasteiger partial charge in [0.25, 0.3) is 0 Å². The molecule has 0 radical (unpaired) electrons. The van der Waals surface area contributed by atoms with Gasteiger partial charge in [0.05, 0.1) is 6.04 Å². The fourth-order valence-corrected chi connectivity index (χ4v) is 1.92. The predicted molar refractivity (Wildman–Crippen MR) is 68.6 cm³/mol. The molecular formula is C14H12ClF2N. The zero-order chi connectivity index (χ0) is 13.3. The minimum absolute atomic E-state index is 0.136. The van der Waals surface area contributed by atoms with Crippen molar-refractivity contribution in [3.63, 3.8) is 0 Å². The highest BCUT2D eigenvalue weighted by atomic mass is 35.5. The molecule has 0 spiro atoms. The van der Waals surface area contributed by atoms with Gasteiger partial charge in [0.2, 0.25) is 0 Å². The van der Waals surface area contributed by atoms with E-state index in [1.807, 2.05) is 6.92 Å². The van der Waals surface area contributed by atoms with Gasteiger partial charge in [-0.15, -0.1) is 0 Å². The van der Waals surface area contributed by atoms with Crippen LogP contribution in [0.2, 0.25) is 5.02 Å². The van der Waals surface area contributed by atoms with Crippen LogP contribution in [0, 0.1) is 18.6 Å². The van der Waals surface area contributed by atoms with Crippen LogP contribution in [-0.4, -0.2) is 0 Å². The Labute approximate surface area is 109 Å². The lowest BCUT2D eigenvalue weighted by Gasteiger charge is -2.14. The standard InChI is InChI=1S/C14H12ClF2N/c1-8-7-9(5-6-11(8)15)14(18)10-3-2-4-12(16)13(10)17/h2-7,14H,18H2,1H3. The fraction of sp³-hybridized carbons (Fsp3) is 0.143. The summed E-state index contributed by atoms with van der Waals surface area (Å²) in [6.45, 7) is 1.83. The van der Waals surface area contributed by atoms with Crippen LogP contribution in [0.15, 0.2) is 36.4 Å². The summed E-state index contributed by atoms with van der Waals surface area (Å²) in [5.41, 5.74) is 7.64. The molecule has 0 heterocycles. The zero-order valence-corrected chi connectivity index (χ0v) is 10.5. The van der Waals surface area contributed by atoms with Gasteiger partial charge in [0.1, 0.15) is 0 Å². The topological polar surface area (TPSA) is 26.0 Å². The maximum absolute atomic E-state index is 13.6. The summed E-state index contributed by atoms with van der Waals surface area (Å²) < 4.78 is 26.8. The van der Waals surface area contributed by atoms with Gasteiger partial charge < -0.3 is 5.73 Å². The Morgan fingerprint density at radius 2 is 1.89 bits per heavy atom. The van der Waals surface area contributed by atoms with Crippen molar-refractivity contribution in [3.05, 3.63) is 69.7 Å². The third-order valence-electron chi connectivity index (χ3n) is 2.86. The Bertz CT molecular complexity index is 584. The molecule has 0 saturated carbocycles. The van der Waals surface area contributed by atoms with E-state index in [1.165, 1.54) is 12.1 Å². The van der Waals surface area contributed by atoms with Gasteiger partial charge in [-0.25, -0.2) is 8.78 Å². The first-order valence-electron chi connectivity index (χ1n) is 5.46. The van der Waals surface area contributed by atoms with E-state index in [4.69, 9.17) is 17.3 Å². The monoisotopic (exact) mass is 267 g/mol. The van der Waals surface area contributed by atoms with E-state index >= 15 is 0 Å². The summed E-state index contributed by atoms with van der Waals surface area (Å²) in [5.74, 6) is -1.80. The summed E-state index contributed by atoms with van der Waals surface area (Å²) in [6, 6.07) is 8.46. The van der Waals surface area contributed by atoms with E-state index in [0.717, 1.165) is 11.6 Å². The summed E-state index contributed by atoms with van der Waals surface area (Å²) in [5, 5.41) is 0.616. The highest BCUT2D eigenvalue weighted by molar-refractivity contribution is 6.31. The van der Waals surface area contributed by atoms with Crippen molar-refractivity contribution in [1.82, 2.24) is 0 Å². The number of nitrogens with two attached hydrogens (primary N) is 1. The molecule has 1 unspecified atom stereocenters. The third-order valence-corrected chi connectivity index (χ3v) is 3.28. The Morgan fingerprint density at radius 3 is 2.56 bits per heavy atom. The minimum Gasteiger partial charge on any atom is -0.320 e. The molecule has 94 valence electrons. The fourth-order valence-electron chi connectivity index (χ4n) is 1.80. The Kier molecular flexibility index (Phi) is 3.64. The molecule has 0 bridgehead atoms. The van der Waals surface area contributed by atoms with Gasteiger partial charge in [0, 0.05) is 10.6 Å². The van der Waals surface area contributed by atoms with Crippen LogP contribution >= 0.6 is 11.6 Å². The van der Waals surface area contributed by atoms with Crippen LogP contribution in [0.4, 0.5) is 8.78 Å². The van der Waals surface area contributed by atoms with Crippen LogP contribution in [0.3, 0.4) is 0 Å². The van der Waals surface area contributed by atoms with Gasteiger partial charge in [0.15, 0.2) is 11.6 Å². The third kappa shape index (κ3) is 2.37. The van der Waals surface area contributed by atoms with E-state index in [-0.39, 0.29) is 5.56 Å². The Morgan fingerprint density at radius 1 is 1.17 bits per heavy atom. The molecule has 0 saturated heterocycles. The number of aryl methyl sites for hydroxylation is 1. The average Bonchev–Trinajstić information content (AvgIpc) is 2.35. The second-order valence-corrected chi connectivity index (χ2v) is 4.54. The normalized spacial score (nSPS) is 12.5. The number of hydrogen-bond acceptors (Lipinski definition) is 1. The second-order valence-electron chi connectivity index (χ2n) is 4.13. The molecule has 0 amide bonds. The molecule has 0 aliphatic carbocycles. The number of halogens is 3. The number of benzene rings is 2. The lowest BCUT2D eigenvalue weighted by Crippen LogP contribution is -2.14. The SMILES string of the molecule is Cc1cc(C(N)c2cccc(F)c2F)ccc1Cl. The van der Waals surface area contributed by atoms with Crippen LogP contribution < -0.4 is 5.73 Å². The van der Waals surface area contributed by atoms with Crippen molar-refractivity contribution in [2.45, 2.75) is 13.0 Å². The molecule has 0 aliphatic heterocycles. The van der Waals surface area contributed by atoms with Crippen molar-refractivity contribution >= 4 is 11.6 Å². The largest absolute Gasteiger partial charge is 0.320 e. The number of hydrogen-bond donors (Lipinski definition) is 1. The van der Waals surface area contributed by atoms with Gasteiger partial charge in [-0.1, -0.05) is 35.9 Å². The van der Waals surface area contributed by atoms with Crippen LogP contribution in [0.1, 0.15) is 22.7 Å². The average molecular weight is 268 g/mol. The molecule has 1 nitrogen and oxygen atoms in total. The lowest BCUT2D eigenvalue weighted by atomic mass is 9.97. The minimum atomic E-state index is -0.905. The molecule has 2 aromatic rings. The first kappa shape index (κ1) is 13.0. The molecule has 2 aromatic carbocycles. The van der Waals surface area contributed by atoms with Gasteiger partial charge in [-0.2, -0.15) is 0 Å². The molecular weight excluding hydrogens is 256 g/mol. The molecule has 0 aliphatic rings. The zero-order valence-electron chi connectivity index (χ0n) is 9.75. The van der Waals surface area contributed by atoms with Gasteiger partial charge in [-0.3, -0.25) is 0 Å². The van der Waals surface area contributed by atoms with E-state index in [9.17, 15) is 8.78 Å².